The molecular weight excluding hydrogens is 869 g/mol. The van der Waals surface area contributed by atoms with E-state index in [0.717, 1.165) is 81.3 Å². The zero-order valence-electron chi connectivity index (χ0n) is 39.8. The number of aryl methyl sites for hydroxylation is 2. The highest BCUT2D eigenvalue weighted by molar-refractivity contribution is 7.98. The van der Waals surface area contributed by atoms with Crippen molar-refractivity contribution < 1.29 is 19.1 Å². The van der Waals surface area contributed by atoms with Gasteiger partial charge >= 0.3 is 12.2 Å². The van der Waals surface area contributed by atoms with Crippen LogP contribution in [0.5, 0.6) is 0 Å². The summed E-state index contributed by atoms with van der Waals surface area (Å²) < 4.78 is 15.6. The maximum absolute atomic E-state index is 12.5. The SMILES string of the molecule is CSc1nccc(-c2c(-c3ccc(C)cc3)ncn2C2CCN(C(=O)OC(C)(C)C)CC2)n1.CSc1nccc(-c2c(-c3ccc(C)cc3)ncn2C2CCN(C(=O)OC(C)(C)C)CC2)n1. The topological polar surface area (TPSA) is 146 Å². The molecule has 0 atom stereocenters. The van der Waals surface area contributed by atoms with Crippen molar-refractivity contribution in [2.24, 2.45) is 0 Å². The van der Waals surface area contributed by atoms with Gasteiger partial charge in [0.15, 0.2) is 10.3 Å². The number of carbonyl (C=O) groups is 2. The number of ether oxygens (including phenoxy) is 2. The van der Waals surface area contributed by atoms with Crippen molar-refractivity contribution in [2.45, 2.75) is 115 Å². The van der Waals surface area contributed by atoms with E-state index < -0.39 is 11.2 Å². The van der Waals surface area contributed by atoms with Crippen molar-refractivity contribution in [3.63, 3.8) is 0 Å². The molecule has 0 saturated carbocycles. The Bertz CT molecular complexity index is 2400. The number of piperidine rings is 2. The van der Waals surface area contributed by atoms with Gasteiger partial charge in [0.25, 0.3) is 0 Å². The quantitative estimate of drug-likeness (QED) is 0.106. The summed E-state index contributed by atoms with van der Waals surface area (Å²) in [6, 6.07) is 21.2. The average molecular weight is 931 g/mol. The Labute approximate surface area is 397 Å². The number of carbonyl (C=O) groups excluding carboxylic acids is 2. The van der Waals surface area contributed by atoms with Gasteiger partial charge in [-0.1, -0.05) is 83.2 Å². The largest absolute Gasteiger partial charge is 0.444 e. The van der Waals surface area contributed by atoms with E-state index in [1.807, 2.05) is 78.8 Å². The van der Waals surface area contributed by atoms with Crippen LogP contribution in [0.1, 0.15) is 90.4 Å². The molecule has 2 aliphatic rings. The van der Waals surface area contributed by atoms with E-state index in [0.29, 0.717) is 26.2 Å². The van der Waals surface area contributed by atoms with E-state index in [1.54, 1.807) is 22.2 Å². The fourth-order valence-electron chi connectivity index (χ4n) is 8.08. The first kappa shape index (κ1) is 48.2. The summed E-state index contributed by atoms with van der Waals surface area (Å²) in [5, 5.41) is 1.46. The molecule has 6 heterocycles. The summed E-state index contributed by atoms with van der Waals surface area (Å²) in [5.41, 5.74) is 9.09. The van der Waals surface area contributed by atoms with Crippen molar-refractivity contribution >= 4 is 35.7 Å². The molecule has 0 spiro atoms. The molecule has 2 aliphatic heterocycles. The van der Waals surface area contributed by atoms with E-state index in [9.17, 15) is 9.59 Å². The third-order valence-electron chi connectivity index (χ3n) is 11.4. The van der Waals surface area contributed by atoms with Crippen molar-refractivity contribution in [2.75, 3.05) is 38.7 Å². The van der Waals surface area contributed by atoms with Crippen molar-refractivity contribution in [1.29, 1.82) is 0 Å². The lowest BCUT2D eigenvalue weighted by Gasteiger charge is -2.34. The number of rotatable bonds is 8. The molecule has 0 radical (unpaired) electrons. The molecule has 4 aromatic heterocycles. The van der Waals surface area contributed by atoms with Crippen LogP contribution in [0.4, 0.5) is 9.59 Å². The molecule has 0 bridgehead atoms. The maximum atomic E-state index is 12.5. The summed E-state index contributed by atoms with van der Waals surface area (Å²) in [7, 11) is 0. The fraction of sp³-hybridized carbons (Fsp3) is 0.440. The van der Waals surface area contributed by atoms with Crippen LogP contribution in [0, 0.1) is 13.8 Å². The van der Waals surface area contributed by atoms with Gasteiger partial charge in [-0.15, -0.1) is 0 Å². The maximum Gasteiger partial charge on any atom is 0.410 e. The van der Waals surface area contributed by atoms with Crippen LogP contribution in [-0.2, 0) is 9.47 Å². The van der Waals surface area contributed by atoms with E-state index >= 15 is 0 Å². The summed E-state index contributed by atoms with van der Waals surface area (Å²) in [6.07, 6.45) is 14.2. The minimum atomic E-state index is -0.490. The average Bonchev–Trinajstić information content (AvgIpc) is 3.95. The van der Waals surface area contributed by atoms with Crippen molar-refractivity contribution in [1.82, 2.24) is 48.8 Å². The summed E-state index contributed by atoms with van der Waals surface area (Å²) in [5.74, 6) is 0. The lowest BCUT2D eigenvalue weighted by molar-refractivity contribution is 0.0178. The van der Waals surface area contributed by atoms with Gasteiger partial charge in [-0.05, 0) is 106 Å². The minimum Gasteiger partial charge on any atom is -0.444 e. The standard InChI is InChI=1S/2C25H31N5O2S/c2*1-17-6-8-18(9-7-17)21-22(20-10-13-26-23(28-20)33-5)30(16-27-21)19-11-14-29(15-12-19)24(31)32-25(2,3)4/h2*6-10,13,16,19H,11-12,14-15H2,1-5H3. The molecule has 8 rings (SSSR count). The van der Waals surface area contributed by atoms with Crippen LogP contribution in [-0.4, -0.2) is 111 Å². The first-order valence-corrected chi connectivity index (χ1v) is 24.9. The molecule has 0 N–H and O–H groups in total. The van der Waals surface area contributed by atoms with Gasteiger partial charge < -0.3 is 28.4 Å². The second-order valence-corrected chi connectivity index (χ2v) is 20.2. The molecule has 2 amide bonds. The van der Waals surface area contributed by atoms with Gasteiger partial charge in [0.1, 0.15) is 11.2 Å². The van der Waals surface area contributed by atoms with Gasteiger partial charge in [0, 0.05) is 61.8 Å². The molecule has 2 saturated heterocycles. The van der Waals surface area contributed by atoms with Crippen LogP contribution in [0.3, 0.4) is 0 Å². The zero-order chi connectivity index (χ0) is 47.2. The van der Waals surface area contributed by atoms with Gasteiger partial charge in [0.05, 0.1) is 46.8 Å². The third-order valence-corrected chi connectivity index (χ3v) is 12.5. The van der Waals surface area contributed by atoms with Crippen LogP contribution >= 0.6 is 23.5 Å². The number of aromatic nitrogens is 8. The number of nitrogens with zero attached hydrogens (tertiary/aromatic N) is 10. The van der Waals surface area contributed by atoms with Gasteiger partial charge in [-0.25, -0.2) is 39.5 Å². The normalized spacial score (nSPS) is 15.0. The van der Waals surface area contributed by atoms with Gasteiger partial charge in [-0.2, -0.15) is 0 Å². The number of benzene rings is 2. The molecule has 16 heteroatoms. The lowest BCUT2D eigenvalue weighted by Crippen LogP contribution is -2.42. The van der Waals surface area contributed by atoms with Gasteiger partial charge in [0.2, 0.25) is 0 Å². The first-order valence-electron chi connectivity index (χ1n) is 22.5. The molecule has 2 fully saturated rings. The molecule has 0 aliphatic carbocycles. The Kier molecular flexibility index (Phi) is 15.2. The molecule has 6 aromatic rings. The molecule has 348 valence electrons. The zero-order valence-corrected chi connectivity index (χ0v) is 41.4. The van der Waals surface area contributed by atoms with Crippen molar-refractivity contribution in [3.05, 3.63) is 96.8 Å². The first-order chi connectivity index (χ1) is 31.5. The second-order valence-electron chi connectivity index (χ2n) is 18.7. The third kappa shape index (κ3) is 12.0. The number of likely N-dealkylation sites (tertiary alicyclic amines) is 2. The Morgan fingerprint density at radius 1 is 0.545 bits per heavy atom. The molecule has 0 unspecified atom stereocenters. The van der Waals surface area contributed by atoms with Crippen LogP contribution in [0.15, 0.2) is 96.0 Å². The lowest BCUT2D eigenvalue weighted by atomic mass is 10.0. The van der Waals surface area contributed by atoms with Crippen LogP contribution in [0.25, 0.3) is 45.3 Å². The molecule has 66 heavy (non-hydrogen) atoms. The van der Waals surface area contributed by atoms with Crippen LogP contribution in [0.2, 0.25) is 0 Å². The monoisotopic (exact) mass is 930 g/mol. The van der Waals surface area contributed by atoms with Crippen LogP contribution < -0.4 is 0 Å². The van der Waals surface area contributed by atoms with E-state index in [-0.39, 0.29) is 24.3 Å². The fourth-order valence-corrected chi connectivity index (χ4v) is 8.79. The molecule has 2 aromatic carbocycles. The number of hydrogen-bond donors (Lipinski definition) is 0. The van der Waals surface area contributed by atoms with E-state index in [1.165, 1.54) is 34.7 Å². The molecule has 14 nitrogen and oxygen atoms in total. The number of hydrogen-bond acceptors (Lipinski definition) is 12. The second kappa shape index (κ2) is 20.8. The number of amides is 2. The summed E-state index contributed by atoms with van der Waals surface area (Å²) >= 11 is 3.05. The highest BCUT2D eigenvalue weighted by atomic mass is 32.2. The molecular formula is C50H62N10O4S2. The Morgan fingerprint density at radius 3 is 1.21 bits per heavy atom. The van der Waals surface area contributed by atoms with Crippen molar-refractivity contribution in [3.8, 4) is 45.3 Å². The smallest absolute Gasteiger partial charge is 0.410 e. The Hall–Kier alpha value is -5.74. The summed E-state index contributed by atoms with van der Waals surface area (Å²) in [4.78, 5) is 56.5. The summed E-state index contributed by atoms with van der Waals surface area (Å²) in [6.45, 7) is 18.1. The Balaban J connectivity index is 0.000000196. The van der Waals surface area contributed by atoms with E-state index in [4.69, 9.17) is 29.4 Å². The van der Waals surface area contributed by atoms with Gasteiger partial charge in [-0.3, -0.25) is 0 Å². The Morgan fingerprint density at radius 2 is 0.894 bits per heavy atom. The number of imidazole rings is 2. The highest BCUT2D eigenvalue weighted by Crippen LogP contribution is 2.38. The minimum absolute atomic E-state index is 0.220. The number of thioether (sulfide) groups is 2. The predicted octanol–water partition coefficient (Wildman–Crippen LogP) is 11.2. The predicted molar refractivity (Wildman–Crippen MR) is 263 cm³/mol. The van der Waals surface area contributed by atoms with E-state index in [2.05, 4.69) is 81.5 Å². The highest BCUT2D eigenvalue weighted by Gasteiger charge is 2.32.